The largest absolute Gasteiger partial charge is 0.494 e. The molecule has 1 rings (SSSR count). The number of rotatable bonds is 3. The summed E-state index contributed by atoms with van der Waals surface area (Å²) in [5, 5.41) is 0. The van der Waals surface area contributed by atoms with Crippen LogP contribution in [0.1, 0.15) is 5.56 Å². The fourth-order valence-electron chi connectivity index (χ4n) is 0.958. The Kier molecular flexibility index (Phi) is 3.23. The standard InChI is InChI=1S/C10H10FNO2/c1-14-9-6-7(2-4-8(9)11)3-5-10(12)13/h2-6H,1H3,(H2,12,13). The maximum atomic E-state index is 12.9. The van der Waals surface area contributed by atoms with E-state index in [-0.39, 0.29) is 5.75 Å². The van der Waals surface area contributed by atoms with Crippen LogP contribution in [0, 0.1) is 5.82 Å². The van der Waals surface area contributed by atoms with Crippen LogP contribution in [0.25, 0.3) is 6.08 Å². The van der Waals surface area contributed by atoms with E-state index in [1.807, 2.05) is 0 Å². The molecule has 14 heavy (non-hydrogen) atoms. The molecule has 0 unspecified atom stereocenters. The van der Waals surface area contributed by atoms with E-state index in [1.54, 1.807) is 0 Å². The van der Waals surface area contributed by atoms with Crippen molar-refractivity contribution < 1.29 is 13.9 Å². The molecule has 1 amide bonds. The monoisotopic (exact) mass is 195 g/mol. The Morgan fingerprint density at radius 3 is 2.86 bits per heavy atom. The summed E-state index contributed by atoms with van der Waals surface area (Å²) in [5.74, 6) is -0.853. The van der Waals surface area contributed by atoms with Gasteiger partial charge in [0.1, 0.15) is 0 Å². The van der Waals surface area contributed by atoms with E-state index in [9.17, 15) is 9.18 Å². The number of benzene rings is 1. The lowest BCUT2D eigenvalue weighted by Gasteiger charge is -2.01. The van der Waals surface area contributed by atoms with Gasteiger partial charge in [-0.25, -0.2) is 4.39 Å². The zero-order valence-electron chi connectivity index (χ0n) is 7.66. The molecular weight excluding hydrogens is 185 g/mol. The number of methoxy groups -OCH3 is 1. The number of primary amides is 1. The van der Waals surface area contributed by atoms with Crippen LogP contribution in [0.2, 0.25) is 0 Å². The highest BCUT2D eigenvalue weighted by Gasteiger charge is 2.01. The normalized spacial score (nSPS) is 10.4. The van der Waals surface area contributed by atoms with Gasteiger partial charge < -0.3 is 10.5 Å². The predicted molar refractivity (Wildman–Crippen MR) is 51.2 cm³/mol. The molecule has 0 saturated carbocycles. The third-order valence-electron chi connectivity index (χ3n) is 1.62. The van der Waals surface area contributed by atoms with Crippen molar-refractivity contribution in [1.29, 1.82) is 0 Å². The minimum absolute atomic E-state index is 0.136. The van der Waals surface area contributed by atoms with Crippen molar-refractivity contribution in [2.45, 2.75) is 0 Å². The fourth-order valence-corrected chi connectivity index (χ4v) is 0.958. The number of hydrogen-bond acceptors (Lipinski definition) is 2. The maximum absolute atomic E-state index is 12.9. The fraction of sp³-hybridized carbons (Fsp3) is 0.100. The molecule has 0 aliphatic rings. The van der Waals surface area contributed by atoms with Crippen LogP contribution in [-0.2, 0) is 4.79 Å². The van der Waals surface area contributed by atoms with Crippen molar-refractivity contribution >= 4 is 12.0 Å². The van der Waals surface area contributed by atoms with Crippen LogP contribution >= 0.6 is 0 Å². The summed E-state index contributed by atoms with van der Waals surface area (Å²) in [6, 6.07) is 4.27. The number of halogens is 1. The summed E-state index contributed by atoms with van der Waals surface area (Å²) in [6.45, 7) is 0. The molecule has 1 aromatic rings. The van der Waals surface area contributed by atoms with Gasteiger partial charge in [0, 0.05) is 6.08 Å². The molecule has 0 bridgehead atoms. The Hall–Kier alpha value is -1.84. The van der Waals surface area contributed by atoms with Gasteiger partial charge in [-0.05, 0) is 23.8 Å². The van der Waals surface area contributed by atoms with E-state index >= 15 is 0 Å². The second-order valence-electron chi connectivity index (χ2n) is 2.63. The molecule has 74 valence electrons. The second-order valence-corrected chi connectivity index (χ2v) is 2.63. The summed E-state index contributed by atoms with van der Waals surface area (Å²) >= 11 is 0. The van der Waals surface area contributed by atoms with E-state index in [4.69, 9.17) is 10.5 Å². The van der Waals surface area contributed by atoms with Gasteiger partial charge >= 0.3 is 0 Å². The van der Waals surface area contributed by atoms with Gasteiger partial charge in [-0.3, -0.25) is 4.79 Å². The first kappa shape index (κ1) is 10.2. The van der Waals surface area contributed by atoms with Gasteiger partial charge in [0.25, 0.3) is 0 Å². The molecule has 0 fully saturated rings. The lowest BCUT2D eigenvalue weighted by Crippen LogP contribution is -2.05. The Morgan fingerprint density at radius 2 is 2.29 bits per heavy atom. The first-order valence-corrected chi connectivity index (χ1v) is 3.94. The van der Waals surface area contributed by atoms with Crippen LogP contribution in [-0.4, -0.2) is 13.0 Å². The van der Waals surface area contributed by atoms with Crippen molar-refractivity contribution in [3.8, 4) is 5.75 Å². The summed E-state index contributed by atoms with van der Waals surface area (Å²) in [4.78, 5) is 10.4. The zero-order valence-corrected chi connectivity index (χ0v) is 7.66. The molecule has 0 radical (unpaired) electrons. The molecule has 4 heteroatoms. The van der Waals surface area contributed by atoms with Gasteiger partial charge in [0.15, 0.2) is 11.6 Å². The molecule has 0 heterocycles. The second kappa shape index (κ2) is 4.41. The number of amides is 1. The topological polar surface area (TPSA) is 52.3 Å². The quantitative estimate of drug-likeness (QED) is 0.740. The maximum Gasteiger partial charge on any atom is 0.241 e. The number of hydrogen-bond donors (Lipinski definition) is 1. The Bertz CT molecular complexity index is 374. The number of carbonyl (C=O) groups excluding carboxylic acids is 1. The molecule has 0 aromatic heterocycles. The van der Waals surface area contributed by atoms with E-state index < -0.39 is 11.7 Å². The van der Waals surface area contributed by atoms with Crippen molar-refractivity contribution in [3.63, 3.8) is 0 Å². The SMILES string of the molecule is COc1cc(C=CC(N)=O)ccc1F. The highest BCUT2D eigenvalue weighted by atomic mass is 19.1. The van der Waals surface area contributed by atoms with Crippen LogP contribution in [0.5, 0.6) is 5.75 Å². The van der Waals surface area contributed by atoms with Crippen molar-refractivity contribution in [3.05, 3.63) is 35.7 Å². The molecule has 0 aliphatic heterocycles. The Morgan fingerprint density at radius 1 is 1.57 bits per heavy atom. The Labute approximate surface area is 81.0 Å². The van der Waals surface area contributed by atoms with Gasteiger partial charge in [-0.15, -0.1) is 0 Å². The van der Waals surface area contributed by atoms with E-state index in [0.29, 0.717) is 5.56 Å². The van der Waals surface area contributed by atoms with Gasteiger partial charge in [0.2, 0.25) is 5.91 Å². The van der Waals surface area contributed by atoms with Crippen LogP contribution < -0.4 is 10.5 Å². The third-order valence-corrected chi connectivity index (χ3v) is 1.62. The lowest BCUT2D eigenvalue weighted by atomic mass is 10.2. The molecule has 0 atom stereocenters. The van der Waals surface area contributed by atoms with E-state index in [0.717, 1.165) is 0 Å². The number of carbonyl (C=O) groups is 1. The minimum Gasteiger partial charge on any atom is -0.494 e. The predicted octanol–water partition coefficient (Wildman–Crippen LogP) is 1.33. The summed E-state index contributed by atoms with van der Waals surface area (Å²) in [5.41, 5.74) is 5.56. The minimum atomic E-state index is -0.548. The van der Waals surface area contributed by atoms with E-state index in [2.05, 4.69) is 0 Å². The molecule has 0 saturated heterocycles. The molecule has 3 nitrogen and oxygen atoms in total. The lowest BCUT2D eigenvalue weighted by molar-refractivity contribution is -0.113. The van der Waals surface area contributed by atoms with Crippen LogP contribution in [0.15, 0.2) is 24.3 Å². The first-order valence-electron chi connectivity index (χ1n) is 3.94. The molecule has 0 aliphatic carbocycles. The van der Waals surface area contributed by atoms with Crippen molar-refractivity contribution in [2.24, 2.45) is 5.73 Å². The molecule has 0 spiro atoms. The van der Waals surface area contributed by atoms with Crippen LogP contribution in [0.4, 0.5) is 4.39 Å². The summed E-state index contributed by atoms with van der Waals surface area (Å²) in [6.07, 6.45) is 2.69. The summed E-state index contributed by atoms with van der Waals surface area (Å²) < 4.78 is 17.7. The zero-order chi connectivity index (χ0) is 10.6. The number of nitrogens with two attached hydrogens (primary N) is 1. The molecule has 1 aromatic carbocycles. The Balaban J connectivity index is 2.95. The van der Waals surface area contributed by atoms with E-state index in [1.165, 1.54) is 37.5 Å². The van der Waals surface area contributed by atoms with Crippen molar-refractivity contribution in [1.82, 2.24) is 0 Å². The van der Waals surface area contributed by atoms with Gasteiger partial charge in [-0.2, -0.15) is 0 Å². The molecular formula is C10H10FNO2. The highest BCUT2D eigenvalue weighted by Crippen LogP contribution is 2.18. The molecule has 2 N–H and O–H groups in total. The van der Waals surface area contributed by atoms with Gasteiger partial charge in [0.05, 0.1) is 7.11 Å². The van der Waals surface area contributed by atoms with Crippen molar-refractivity contribution in [2.75, 3.05) is 7.11 Å². The average Bonchev–Trinajstić information content (AvgIpc) is 2.16. The van der Waals surface area contributed by atoms with Crippen LogP contribution in [0.3, 0.4) is 0 Å². The number of ether oxygens (including phenoxy) is 1. The average molecular weight is 195 g/mol. The third kappa shape index (κ3) is 2.58. The summed E-state index contributed by atoms with van der Waals surface area (Å²) in [7, 11) is 1.37. The highest BCUT2D eigenvalue weighted by molar-refractivity contribution is 5.90. The van der Waals surface area contributed by atoms with Gasteiger partial charge in [-0.1, -0.05) is 6.07 Å². The smallest absolute Gasteiger partial charge is 0.241 e. The first-order chi connectivity index (χ1) is 6.63.